The summed E-state index contributed by atoms with van der Waals surface area (Å²) in [5, 5.41) is 8.76. The summed E-state index contributed by atoms with van der Waals surface area (Å²) in [4.78, 5) is 0. The second-order valence-electron chi connectivity index (χ2n) is 3.72. The van der Waals surface area contributed by atoms with Gasteiger partial charge in [-0.2, -0.15) is 5.26 Å². The minimum absolute atomic E-state index is 0.436. The SMILES string of the molecule is COC1(C#N)CC(C(C)C)C1. The van der Waals surface area contributed by atoms with E-state index in [1.807, 2.05) is 0 Å². The molecule has 0 radical (unpaired) electrons. The number of hydrogen-bond donors (Lipinski definition) is 0. The van der Waals surface area contributed by atoms with Gasteiger partial charge in [-0.1, -0.05) is 13.8 Å². The first-order valence-corrected chi connectivity index (χ1v) is 4.10. The molecule has 0 aliphatic heterocycles. The maximum absolute atomic E-state index is 8.76. The average Bonchev–Trinajstić information content (AvgIpc) is 1.87. The molecule has 0 saturated heterocycles. The van der Waals surface area contributed by atoms with E-state index < -0.39 is 5.60 Å². The predicted molar refractivity (Wildman–Crippen MR) is 42.9 cm³/mol. The first-order chi connectivity index (χ1) is 5.13. The second kappa shape index (κ2) is 2.83. The van der Waals surface area contributed by atoms with Crippen molar-refractivity contribution < 1.29 is 4.74 Å². The second-order valence-corrected chi connectivity index (χ2v) is 3.72. The Kier molecular flexibility index (Phi) is 2.20. The van der Waals surface area contributed by atoms with Gasteiger partial charge < -0.3 is 4.74 Å². The molecular formula is C9H15NO. The number of rotatable bonds is 2. The summed E-state index contributed by atoms with van der Waals surface area (Å²) < 4.78 is 5.14. The predicted octanol–water partition coefficient (Wildman–Crippen LogP) is 1.96. The molecule has 0 aromatic rings. The number of ether oxygens (including phenoxy) is 1. The molecule has 0 aromatic heterocycles. The summed E-state index contributed by atoms with van der Waals surface area (Å²) in [5.74, 6) is 1.38. The van der Waals surface area contributed by atoms with Crippen LogP contribution in [-0.2, 0) is 4.74 Å². The normalized spacial score (nSPS) is 36.5. The Balaban J connectivity index is 2.44. The molecule has 0 aromatic carbocycles. The van der Waals surface area contributed by atoms with E-state index in [1.165, 1.54) is 0 Å². The zero-order valence-corrected chi connectivity index (χ0v) is 7.42. The lowest BCUT2D eigenvalue weighted by molar-refractivity contribution is -0.0727. The highest BCUT2D eigenvalue weighted by molar-refractivity contribution is 5.11. The largest absolute Gasteiger partial charge is 0.363 e. The van der Waals surface area contributed by atoms with Gasteiger partial charge in [-0.3, -0.25) is 0 Å². The van der Waals surface area contributed by atoms with Gasteiger partial charge in [0.15, 0.2) is 5.60 Å². The van der Waals surface area contributed by atoms with E-state index in [2.05, 4.69) is 19.9 Å². The molecule has 0 N–H and O–H groups in total. The van der Waals surface area contributed by atoms with Crippen molar-refractivity contribution in [3.05, 3.63) is 0 Å². The molecule has 2 nitrogen and oxygen atoms in total. The third kappa shape index (κ3) is 1.39. The minimum Gasteiger partial charge on any atom is -0.363 e. The van der Waals surface area contributed by atoms with Crippen molar-refractivity contribution in [1.82, 2.24) is 0 Å². The summed E-state index contributed by atoms with van der Waals surface area (Å²) >= 11 is 0. The molecule has 1 rings (SSSR count). The van der Waals surface area contributed by atoms with Crippen LogP contribution in [0.25, 0.3) is 0 Å². The third-order valence-corrected chi connectivity index (χ3v) is 2.72. The van der Waals surface area contributed by atoms with Crippen LogP contribution in [0.5, 0.6) is 0 Å². The van der Waals surface area contributed by atoms with Crippen LogP contribution in [0.1, 0.15) is 26.7 Å². The molecule has 1 saturated carbocycles. The quantitative estimate of drug-likeness (QED) is 0.607. The number of nitrogens with zero attached hydrogens (tertiary/aromatic N) is 1. The first-order valence-electron chi connectivity index (χ1n) is 4.10. The van der Waals surface area contributed by atoms with Gasteiger partial charge in [-0.15, -0.1) is 0 Å². The first kappa shape index (κ1) is 8.55. The molecule has 1 fully saturated rings. The van der Waals surface area contributed by atoms with Gasteiger partial charge in [0.1, 0.15) is 0 Å². The summed E-state index contributed by atoms with van der Waals surface area (Å²) in [7, 11) is 1.62. The molecule has 0 unspecified atom stereocenters. The monoisotopic (exact) mass is 153 g/mol. The molecule has 11 heavy (non-hydrogen) atoms. The van der Waals surface area contributed by atoms with Crippen LogP contribution in [0.3, 0.4) is 0 Å². The molecule has 1 aliphatic carbocycles. The molecular weight excluding hydrogens is 138 g/mol. The lowest BCUT2D eigenvalue weighted by atomic mass is 9.67. The van der Waals surface area contributed by atoms with Crippen LogP contribution >= 0.6 is 0 Å². The zero-order chi connectivity index (χ0) is 8.48. The molecule has 0 amide bonds. The van der Waals surface area contributed by atoms with Crippen molar-refractivity contribution in [3.63, 3.8) is 0 Å². The highest BCUT2D eigenvalue weighted by atomic mass is 16.5. The fourth-order valence-corrected chi connectivity index (χ4v) is 1.56. The van der Waals surface area contributed by atoms with Gasteiger partial charge in [0.25, 0.3) is 0 Å². The van der Waals surface area contributed by atoms with Crippen molar-refractivity contribution in [2.24, 2.45) is 11.8 Å². The van der Waals surface area contributed by atoms with Crippen LogP contribution < -0.4 is 0 Å². The van der Waals surface area contributed by atoms with Gasteiger partial charge in [-0.05, 0) is 24.7 Å². The molecule has 2 heteroatoms. The smallest absolute Gasteiger partial charge is 0.154 e. The van der Waals surface area contributed by atoms with Crippen molar-refractivity contribution in [1.29, 1.82) is 5.26 Å². The summed E-state index contributed by atoms with van der Waals surface area (Å²) in [5.41, 5.74) is -0.436. The van der Waals surface area contributed by atoms with E-state index in [9.17, 15) is 0 Å². The van der Waals surface area contributed by atoms with Crippen LogP contribution in [0, 0.1) is 23.2 Å². The van der Waals surface area contributed by atoms with Gasteiger partial charge >= 0.3 is 0 Å². The van der Waals surface area contributed by atoms with Crippen molar-refractivity contribution in [2.75, 3.05) is 7.11 Å². The van der Waals surface area contributed by atoms with E-state index in [-0.39, 0.29) is 0 Å². The van der Waals surface area contributed by atoms with Crippen LogP contribution in [-0.4, -0.2) is 12.7 Å². The lowest BCUT2D eigenvalue weighted by Gasteiger charge is -2.43. The highest BCUT2D eigenvalue weighted by Crippen LogP contribution is 2.43. The van der Waals surface area contributed by atoms with Gasteiger partial charge in [-0.25, -0.2) is 0 Å². The van der Waals surface area contributed by atoms with Gasteiger partial charge in [0.05, 0.1) is 6.07 Å². The third-order valence-electron chi connectivity index (χ3n) is 2.72. The van der Waals surface area contributed by atoms with Gasteiger partial charge in [0, 0.05) is 7.11 Å². The fourth-order valence-electron chi connectivity index (χ4n) is 1.56. The maximum Gasteiger partial charge on any atom is 0.154 e. The number of methoxy groups -OCH3 is 1. The Bertz CT molecular complexity index is 174. The minimum atomic E-state index is -0.436. The van der Waals surface area contributed by atoms with Crippen molar-refractivity contribution in [3.8, 4) is 6.07 Å². The maximum atomic E-state index is 8.76. The fraction of sp³-hybridized carbons (Fsp3) is 0.889. The van der Waals surface area contributed by atoms with E-state index in [0.717, 1.165) is 12.8 Å². The molecule has 62 valence electrons. The Labute approximate surface area is 68.2 Å². The molecule has 0 spiro atoms. The van der Waals surface area contributed by atoms with Crippen molar-refractivity contribution in [2.45, 2.75) is 32.3 Å². The zero-order valence-electron chi connectivity index (χ0n) is 7.42. The van der Waals surface area contributed by atoms with Crippen LogP contribution in [0.4, 0.5) is 0 Å². The van der Waals surface area contributed by atoms with E-state index in [1.54, 1.807) is 7.11 Å². The molecule has 0 bridgehead atoms. The van der Waals surface area contributed by atoms with E-state index in [4.69, 9.17) is 10.00 Å². The lowest BCUT2D eigenvalue weighted by Crippen LogP contribution is -2.46. The van der Waals surface area contributed by atoms with Crippen molar-refractivity contribution >= 4 is 0 Å². The van der Waals surface area contributed by atoms with E-state index >= 15 is 0 Å². The van der Waals surface area contributed by atoms with Crippen LogP contribution in [0.15, 0.2) is 0 Å². The van der Waals surface area contributed by atoms with E-state index in [0.29, 0.717) is 11.8 Å². The Morgan fingerprint density at radius 1 is 1.55 bits per heavy atom. The topological polar surface area (TPSA) is 33.0 Å². The Morgan fingerprint density at radius 2 is 2.09 bits per heavy atom. The molecule has 1 aliphatic rings. The average molecular weight is 153 g/mol. The van der Waals surface area contributed by atoms with Crippen LogP contribution in [0.2, 0.25) is 0 Å². The number of hydrogen-bond acceptors (Lipinski definition) is 2. The highest BCUT2D eigenvalue weighted by Gasteiger charge is 2.45. The Morgan fingerprint density at radius 3 is 2.36 bits per heavy atom. The summed E-state index contributed by atoms with van der Waals surface area (Å²) in [6.07, 6.45) is 1.83. The summed E-state index contributed by atoms with van der Waals surface area (Å²) in [6, 6.07) is 2.23. The van der Waals surface area contributed by atoms with Gasteiger partial charge in [0.2, 0.25) is 0 Å². The standard InChI is InChI=1S/C9H15NO/c1-7(2)8-4-9(5-8,6-10)11-3/h7-8H,4-5H2,1-3H3. The Hall–Kier alpha value is -0.550. The number of nitriles is 1. The summed E-state index contributed by atoms with van der Waals surface area (Å²) in [6.45, 7) is 4.39. The molecule has 0 heterocycles. The molecule has 0 atom stereocenters.